The van der Waals surface area contributed by atoms with Gasteiger partial charge < -0.3 is 19.7 Å². The van der Waals surface area contributed by atoms with Crippen LogP contribution in [0.25, 0.3) is 10.8 Å². The molecule has 1 unspecified atom stereocenters. The third-order valence-corrected chi connectivity index (χ3v) is 6.27. The number of fused-ring (bicyclic) bond motifs is 1. The average Bonchev–Trinajstić information content (AvgIpc) is 3.16. The zero-order valence-corrected chi connectivity index (χ0v) is 16.9. The first kappa shape index (κ1) is 18.8. The summed E-state index contributed by atoms with van der Waals surface area (Å²) in [6.45, 7) is 1.89. The molecule has 2 heterocycles. The van der Waals surface area contributed by atoms with Crippen LogP contribution in [0.15, 0.2) is 85.1 Å². The van der Waals surface area contributed by atoms with Crippen molar-refractivity contribution in [2.75, 3.05) is 18.0 Å². The minimum atomic E-state index is -0.600. The second-order valence-electron chi connectivity index (χ2n) is 8.07. The Morgan fingerprint density at radius 2 is 1.40 bits per heavy atom. The molecule has 0 amide bonds. The Bertz CT molecular complexity index is 1130. The Morgan fingerprint density at radius 3 is 2.10 bits per heavy atom. The summed E-state index contributed by atoms with van der Waals surface area (Å²) in [6, 6.07) is 26.3. The molecule has 1 aliphatic heterocycles. The summed E-state index contributed by atoms with van der Waals surface area (Å²) in [5.41, 5.74) is 2.99. The number of aromatic hydroxyl groups is 1. The topological polar surface area (TPSA) is 48.6 Å². The van der Waals surface area contributed by atoms with Crippen molar-refractivity contribution in [1.29, 1.82) is 0 Å². The largest absolute Gasteiger partial charge is 0.494 e. The minimum Gasteiger partial charge on any atom is -0.494 e. The van der Waals surface area contributed by atoms with Gasteiger partial charge in [-0.15, -0.1) is 0 Å². The number of nitrogens with zero attached hydrogens (tertiary/aromatic N) is 2. The summed E-state index contributed by atoms with van der Waals surface area (Å²) in [5.74, 6) is 0.378. The van der Waals surface area contributed by atoms with Crippen molar-refractivity contribution < 1.29 is 10.2 Å². The first-order valence-electron chi connectivity index (χ1n) is 10.6. The van der Waals surface area contributed by atoms with Crippen LogP contribution in [-0.4, -0.2) is 27.9 Å². The monoisotopic (exact) mass is 398 g/mol. The van der Waals surface area contributed by atoms with Gasteiger partial charge >= 0.3 is 0 Å². The molecule has 5 rings (SSSR count). The van der Waals surface area contributed by atoms with Crippen molar-refractivity contribution >= 4 is 16.5 Å². The van der Waals surface area contributed by atoms with Crippen LogP contribution >= 0.6 is 0 Å². The maximum Gasteiger partial charge on any atom is 0.199 e. The molecule has 30 heavy (non-hydrogen) atoms. The smallest absolute Gasteiger partial charge is 0.199 e. The van der Waals surface area contributed by atoms with Crippen LogP contribution in [0.2, 0.25) is 0 Å². The summed E-state index contributed by atoms with van der Waals surface area (Å²) in [5, 5.41) is 23.2. The molecule has 1 aromatic heterocycles. The highest BCUT2D eigenvalue weighted by atomic mass is 16.3. The molecular weight excluding hydrogens is 372 g/mol. The van der Waals surface area contributed by atoms with Crippen molar-refractivity contribution in [1.82, 2.24) is 4.57 Å². The molecule has 0 saturated carbocycles. The summed E-state index contributed by atoms with van der Waals surface area (Å²) in [4.78, 5) is 2.38. The van der Waals surface area contributed by atoms with E-state index in [0.29, 0.717) is 11.9 Å². The van der Waals surface area contributed by atoms with Crippen LogP contribution in [0.3, 0.4) is 0 Å². The Balaban J connectivity index is 1.27. The van der Waals surface area contributed by atoms with Gasteiger partial charge in [0.05, 0.1) is 0 Å². The maximum absolute atomic E-state index is 10.6. The molecule has 4 aromatic rings. The van der Waals surface area contributed by atoms with Gasteiger partial charge in [0, 0.05) is 41.8 Å². The zero-order chi connectivity index (χ0) is 20.5. The predicted molar refractivity (Wildman–Crippen MR) is 121 cm³/mol. The van der Waals surface area contributed by atoms with Crippen molar-refractivity contribution in [2.45, 2.75) is 25.0 Å². The highest BCUT2D eigenvalue weighted by molar-refractivity contribution is 5.87. The average molecular weight is 399 g/mol. The highest BCUT2D eigenvalue weighted by Gasteiger charge is 2.23. The SMILES string of the molecule is Oc1c2ccccc2cn1C1CCN(c2ccc(C(O)c3ccccc3)cc2)CC1. The summed E-state index contributed by atoms with van der Waals surface area (Å²) in [6.07, 6.45) is 3.45. The van der Waals surface area contributed by atoms with Gasteiger partial charge in [-0.3, -0.25) is 0 Å². The fraction of sp³-hybridized carbons (Fsp3) is 0.231. The van der Waals surface area contributed by atoms with E-state index in [-0.39, 0.29) is 0 Å². The van der Waals surface area contributed by atoms with Gasteiger partial charge in [0.2, 0.25) is 0 Å². The Kier molecular flexibility index (Phi) is 4.93. The quantitative estimate of drug-likeness (QED) is 0.492. The molecule has 152 valence electrons. The predicted octanol–water partition coefficient (Wildman–Crippen LogP) is 5.27. The molecule has 4 nitrogen and oxygen atoms in total. The van der Waals surface area contributed by atoms with Gasteiger partial charge in [0.25, 0.3) is 0 Å². The molecule has 4 heteroatoms. The third kappa shape index (κ3) is 3.44. The van der Waals surface area contributed by atoms with Crippen molar-refractivity contribution in [3.63, 3.8) is 0 Å². The van der Waals surface area contributed by atoms with Gasteiger partial charge in [-0.05, 0) is 42.2 Å². The Morgan fingerprint density at radius 1 is 0.767 bits per heavy atom. The first-order chi connectivity index (χ1) is 14.7. The summed E-state index contributed by atoms with van der Waals surface area (Å²) >= 11 is 0. The number of hydrogen-bond acceptors (Lipinski definition) is 3. The summed E-state index contributed by atoms with van der Waals surface area (Å²) in [7, 11) is 0. The molecular formula is C26H26N2O2. The summed E-state index contributed by atoms with van der Waals surface area (Å²) < 4.78 is 2.04. The number of benzene rings is 3. The molecule has 1 saturated heterocycles. The number of rotatable bonds is 4. The molecule has 1 fully saturated rings. The zero-order valence-electron chi connectivity index (χ0n) is 16.9. The molecule has 1 atom stereocenters. The standard InChI is InChI=1S/C26H26N2O2/c29-25(19-6-2-1-3-7-19)20-10-12-22(13-11-20)27-16-14-23(15-17-27)28-18-21-8-4-5-9-24(21)26(28)30/h1-13,18,23,25,29-30H,14-17H2. The van der Waals surface area contributed by atoms with E-state index in [0.717, 1.165) is 47.8 Å². The molecule has 0 aliphatic carbocycles. The maximum atomic E-state index is 10.6. The normalized spacial score (nSPS) is 16.1. The van der Waals surface area contributed by atoms with Gasteiger partial charge in [-0.1, -0.05) is 60.7 Å². The number of hydrogen-bond donors (Lipinski definition) is 2. The number of aliphatic hydroxyl groups excluding tert-OH is 1. The van der Waals surface area contributed by atoms with Crippen LogP contribution in [0.5, 0.6) is 5.88 Å². The second kappa shape index (κ2) is 7.88. The van der Waals surface area contributed by atoms with Crippen LogP contribution in [-0.2, 0) is 0 Å². The van der Waals surface area contributed by atoms with E-state index in [2.05, 4.69) is 23.2 Å². The second-order valence-corrected chi connectivity index (χ2v) is 8.07. The first-order valence-corrected chi connectivity index (χ1v) is 10.6. The lowest BCUT2D eigenvalue weighted by Crippen LogP contribution is -2.34. The number of piperidine rings is 1. The van der Waals surface area contributed by atoms with Crippen LogP contribution in [0.1, 0.15) is 36.1 Å². The van der Waals surface area contributed by atoms with E-state index in [1.165, 1.54) is 5.69 Å². The van der Waals surface area contributed by atoms with E-state index < -0.39 is 6.10 Å². The van der Waals surface area contributed by atoms with Gasteiger partial charge in [-0.2, -0.15) is 0 Å². The van der Waals surface area contributed by atoms with Crippen LogP contribution in [0, 0.1) is 0 Å². The fourth-order valence-electron chi connectivity index (χ4n) is 4.54. The molecule has 0 spiro atoms. The van der Waals surface area contributed by atoms with E-state index in [4.69, 9.17) is 0 Å². The molecule has 2 N–H and O–H groups in total. The third-order valence-electron chi connectivity index (χ3n) is 6.27. The van der Waals surface area contributed by atoms with E-state index >= 15 is 0 Å². The molecule has 3 aromatic carbocycles. The molecule has 1 aliphatic rings. The van der Waals surface area contributed by atoms with Crippen LogP contribution < -0.4 is 4.90 Å². The van der Waals surface area contributed by atoms with Crippen LogP contribution in [0.4, 0.5) is 5.69 Å². The lowest BCUT2D eigenvalue weighted by atomic mass is 10.0. The fourth-order valence-corrected chi connectivity index (χ4v) is 4.54. The molecule has 0 radical (unpaired) electrons. The van der Waals surface area contributed by atoms with Crippen molar-refractivity contribution in [2.24, 2.45) is 0 Å². The van der Waals surface area contributed by atoms with Gasteiger partial charge in [0.1, 0.15) is 6.10 Å². The van der Waals surface area contributed by atoms with E-state index in [1.54, 1.807) is 0 Å². The van der Waals surface area contributed by atoms with Gasteiger partial charge in [-0.25, -0.2) is 0 Å². The minimum absolute atomic E-state index is 0.313. The van der Waals surface area contributed by atoms with Gasteiger partial charge in [0.15, 0.2) is 5.88 Å². The Labute approximate surface area is 176 Å². The van der Waals surface area contributed by atoms with Crippen molar-refractivity contribution in [3.05, 3.63) is 96.2 Å². The highest BCUT2D eigenvalue weighted by Crippen LogP contribution is 2.35. The number of anilines is 1. The molecule has 0 bridgehead atoms. The van der Waals surface area contributed by atoms with E-state index in [9.17, 15) is 10.2 Å². The van der Waals surface area contributed by atoms with Crippen molar-refractivity contribution in [3.8, 4) is 5.88 Å². The Hall–Kier alpha value is -3.24. The van der Waals surface area contributed by atoms with E-state index in [1.807, 2.05) is 71.3 Å². The lowest BCUT2D eigenvalue weighted by molar-refractivity contribution is 0.220. The lowest BCUT2D eigenvalue weighted by Gasteiger charge is -2.34. The number of aliphatic hydroxyl groups is 1. The number of aromatic nitrogens is 1.